The summed E-state index contributed by atoms with van der Waals surface area (Å²) in [4.78, 5) is 2.35. The fraction of sp³-hybridized carbons (Fsp3) is 1.00. The van der Waals surface area contributed by atoms with Gasteiger partial charge in [-0.2, -0.15) is 0 Å². The second kappa shape index (κ2) is 7.69. The first-order valence-electron chi connectivity index (χ1n) is 5.39. The van der Waals surface area contributed by atoms with E-state index in [2.05, 4.69) is 17.3 Å². The zero-order valence-corrected chi connectivity index (χ0v) is 10.9. The molecule has 2 fully saturated rings. The van der Waals surface area contributed by atoms with Gasteiger partial charge in [-0.25, -0.2) is 0 Å². The van der Waals surface area contributed by atoms with Crippen molar-refractivity contribution >= 4 is 24.8 Å². The first kappa shape index (κ1) is 15.5. The van der Waals surface area contributed by atoms with Crippen LogP contribution in [0.15, 0.2) is 0 Å². The molecular formula is C10H22Cl2N2O. The lowest BCUT2D eigenvalue weighted by Gasteiger charge is -2.26. The number of nitrogens with one attached hydrogen (secondary N) is 1. The third-order valence-corrected chi connectivity index (χ3v) is 2.98. The summed E-state index contributed by atoms with van der Waals surface area (Å²) < 4.78 is 6.02. The van der Waals surface area contributed by atoms with Crippen molar-refractivity contribution in [1.82, 2.24) is 10.2 Å². The molecule has 5 heteroatoms. The van der Waals surface area contributed by atoms with E-state index in [9.17, 15) is 0 Å². The molecule has 0 bridgehead atoms. The number of hydrogen-bond donors (Lipinski definition) is 1. The number of rotatable bonds is 2. The average Bonchev–Trinajstić information content (AvgIpc) is 2.53. The maximum atomic E-state index is 6.02. The highest BCUT2D eigenvalue weighted by Crippen LogP contribution is 2.15. The maximum Gasteiger partial charge on any atom is 0.0718 e. The summed E-state index contributed by atoms with van der Waals surface area (Å²) in [5.41, 5.74) is 0. The van der Waals surface area contributed by atoms with Crippen molar-refractivity contribution in [3.63, 3.8) is 0 Å². The number of ether oxygens (including phenoxy) is 1. The molecule has 3 nitrogen and oxygen atoms in total. The summed E-state index contributed by atoms with van der Waals surface area (Å²) in [7, 11) is 2.17. The normalized spacial score (nSPS) is 31.8. The Morgan fingerprint density at radius 1 is 1.20 bits per heavy atom. The van der Waals surface area contributed by atoms with E-state index in [1.54, 1.807) is 0 Å². The van der Waals surface area contributed by atoms with Gasteiger partial charge in [0.2, 0.25) is 0 Å². The van der Waals surface area contributed by atoms with E-state index >= 15 is 0 Å². The van der Waals surface area contributed by atoms with E-state index in [1.165, 1.54) is 32.4 Å². The van der Waals surface area contributed by atoms with Gasteiger partial charge in [-0.3, -0.25) is 0 Å². The van der Waals surface area contributed by atoms with Crippen LogP contribution < -0.4 is 5.32 Å². The van der Waals surface area contributed by atoms with E-state index in [0.29, 0.717) is 12.2 Å². The Hall–Kier alpha value is 0.460. The quantitative estimate of drug-likeness (QED) is 0.807. The second-order valence-electron chi connectivity index (χ2n) is 4.28. The fourth-order valence-electron chi connectivity index (χ4n) is 2.21. The summed E-state index contributed by atoms with van der Waals surface area (Å²) in [5.74, 6) is 0. The molecule has 2 saturated heterocycles. The Morgan fingerprint density at radius 2 is 2.00 bits per heavy atom. The van der Waals surface area contributed by atoms with Crippen LogP contribution in [0.4, 0.5) is 0 Å². The summed E-state index contributed by atoms with van der Waals surface area (Å²) in [6, 6.07) is 0. The third-order valence-electron chi connectivity index (χ3n) is 2.98. The molecule has 0 saturated carbocycles. The molecular weight excluding hydrogens is 235 g/mol. The van der Waals surface area contributed by atoms with Gasteiger partial charge in [0.1, 0.15) is 0 Å². The van der Waals surface area contributed by atoms with Crippen LogP contribution >= 0.6 is 24.8 Å². The van der Waals surface area contributed by atoms with Gasteiger partial charge in [0.15, 0.2) is 0 Å². The highest BCUT2D eigenvalue weighted by molar-refractivity contribution is 5.85. The highest BCUT2D eigenvalue weighted by Gasteiger charge is 2.24. The van der Waals surface area contributed by atoms with Crippen molar-refractivity contribution in [2.24, 2.45) is 0 Å². The van der Waals surface area contributed by atoms with Crippen molar-refractivity contribution in [2.75, 3.05) is 33.2 Å². The first-order valence-corrected chi connectivity index (χ1v) is 5.39. The zero-order chi connectivity index (χ0) is 9.10. The van der Waals surface area contributed by atoms with Gasteiger partial charge >= 0.3 is 0 Å². The van der Waals surface area contributed by atoms with Crippen molar-refractivity contribution in [1.29, 1.82) is 0 Å². The van der Waals surface area contributed by atoms with Gasteiger partial charge in [-0.05, 0) is 32.9 Å². The predicted octanol–water partition coefficient (Wildman–Crippen LogP) is 1.30. The second-order valence-corrected chi connectivity index (χ2v) is 4.28. The SMILES string of the molecule is CN1CC[C@@H](OC2CCCNC2)C1.Cl.Cl. The largest absolute Gasteiger partial charge is 0.372 e. The Labute approximate surface area is 105 Å². The van der Waals surface area contributed by atoms with E-state index in [-0.39, 0.29) is 24.8 Å². The minimum absolute atomic E-state index is 0. The molecule has 0 aromatic heterocycles. The number of likely N-dealkylation sites (tertiary alicyclic amines) is 1. The van der Waals surface area contributed by atoms with E-state index < -0.39 is 0 Å². The molecule has 0 radical (unpaired) electrons. The molecule has 0 aromatic rings. The minimum Gasteiger partial charge on any atom is -0.372 e. The number of hydrogen-bond acceptors (Lipinski definition) is 3. The van der Waals surface area contributed by atoms with Crippen molar-refractivity contribution in [3.05, 3.63) is 0 Å². The summed E-state index contributed by atoms with van der Waals surface area (Å²) in [6.07, 6.45) is 4.70. The standard InChI is InChI=1S/C10H20N2O.2ClH/c1-12-6-4-10(8-12)13-9-3-2-5-11-7-9;;/h9-11H,2-8H2,1H3;2*1H/t9?,10-;;/m1../s1. The van der Waals surface area contributed by atoms with Crippen LogP contribution in [0.1, 0.15) is 19.3 Å². The van der Waals surface area contributed by atoms with Crippen LogP contribution in [-0.4, -0.2) is 50.3 Å². The van der Waals surface area contributed by atoms with Gasteiger partial charge in [0.25, 0.3) is 0 Å². The predicted molar refractivity (Wildman–Crippen MR) is 67.4 cm³/mol. The average molecular weight is 257 g/mol. The van der Waals surface area contributed by atoms with Crippen molar-refractivity contribution < 1.29 is 4.74 Å². The van der Waals surface area contributed by atoms with E-state index in [1.807, 2.05) is 0 Å². The van der Waals surface area contributed by atoms with Crippen LogP contribution in [0.25, 0.3) is 0 Å². The molecule has 2 aliphatic rings. The Kier molecular flexibility index (Phi) is 7.92. The molecule has 2 rings (SSSR count). The zero-order valence-electron chi connectivity index (χ0n) is 9.28. The lowest BCUT2D eigenvalue weighted by atomic mass is 10.1. The van der Waals surface area contributed by atoms with Gasteiger partial charge in [-0.15, -0.1) is 24.8 Å². The molecule has 0 aliphatic carbocycles. The topological polar surface area (TPSA) is 24.5 Å². The number of nitrogens with zero attached hydrogens (tertiary/aromatic N) is 1. The molecule has 2 heterocycles. The van der Waals surface area contributed by atoms with Crippen LogP contribution in [0.5, 0.6) is 0 Å². The van der Waals surface area contributed by atoms with Crippen LogP contribution in [0.3, 0.4) is 0 Å². The van der Waals surface area contributed by atoms with E-state index in [0.717, 1.165) is 13.1 Å². The Bertz CT molecular complexity index is 163. The van der Waals surface area contributed by atoms with Crippen molar-refractivity contribution in [3.8, 4) is 0 Å². The highest BCUT2D eigenvalue weighted by atomic mass is 35.5. The van der Waals surface area contributed by atoms with Gasteiger partial charge in [0.05, 0.1) is 12.2 Å². The molecule has 1 unspecified atom stereocenters. The van der Waals surface area contributed by atoms with Crippen LogP contribution in [0, 0.1) is 0 Å². The molecule has 0 spiro atoms. The van der Waals surface area contributed by atoms with Crippen LogP contribution in [-0.2, 0) is 4.74 Å². The smallest absolute Gasteiger partial charge is 0.0718 e. The number of piperidine rings is 1. The first-order chi connectivity index (χ1) is 6.34. The summed E-state index contributed by atoms with van der Waals surface area (Å²) in [6.45, 7) is 4.55. The maximum absolute atomic E-state index is 6.02. The van der Waals surface area contributed by atoms with Crippen LogP contribution in [0.2, 0.25) is 0 Å². The summed E-state index contributed by atoms with van der Waals surface area (Å²) in [5, 5.41) is 3.38. The third kappa shape index (κ3) is 4.87. The van der Waals surface area contributed by atoms with Gasteiger partial charge in [0, 0.05) is 19.6 Å². The van der Waals surface area contributed by atoms with Gasteiger partial charge in [-0.1, -0.05) is 0 Å². The Morgan fingerprint density at radius 3 is 2.53 bits per heavy atom. The molecule has 2 aliphatic heterocycles. The lowest BCUT2D eigenvalue weighted by Crippen LogP contribution is -2.38. The summed E-state index contributed by atoms with van der Waals surface area (Å²) >= 11 is 0. The molecule has 0 aromatic carbocycles. The fourth-order valence-corrected chi connectivity index (χ4v) is 2.21. The minimum atomic E-state index is 0. The van der Waals surface area contributed by atoms with Crippen molar-refractivity contribution in [2.45, 2.75) is 31.5 Å². The Balaban J connectivity index is 0.000000980. The molecule has 0 amide bonds. The molecule has 92 valence electrons. The van der Waals surface area contributed by atoms with E-state index in [4.69, 9.17) is 4.74 Å². The molecule has 15 heavy (non-hydrogen) atoms. The lowest BCUT2D eigenvalue weighted by molar-refractivity contribution is -0.0162. The van der Waals surface area contributed by atoms with Gasteiger partial charge < -0.3 is 15.0 Å². The number of halogens is 2. The monoisotopic (exact) mass is 256 g/mol. The number of likely N-dealkylation sites (N-methyl/N-ethyl adjacent to an activating group) is 1. The molecule has 1 N–H and O–H groups in total. The molecule has 2 atom stereocenters.